The van der Waals surface area contributed by atoms with Crippen LogP contribution in [0.25, 0.3) is 0 Å². The molecule has 0 aliphatic heterocycles. The van der Waals surface area contributed by atoms with Crippen LogP contribution >= 0.6 is 0 Å². The first-order valence-electron chi connectivity index (χ1n) is 4.23. The Morgan fingerprint density at radius 1 is 1.18 bits per heavy atom. The van der Waals surface area contributed by atoms with Gasteiger partial charge in [0.25, 0.3) is 0 Å². The Kier molecular flexibility index (Phi) is 7.23. The fraction of sp³-hybridized carbons (Fsp3) is 0.778. The second kappa shape index (κ2) is 7.59. The van der Waals surface area contributed by atoms with E-state index in [2.05, 4.69) is 30.6 Å². The van der Waals surface area contributed by atoms with Crippen LogP contribution in [0.1, 0.15) is 20.3 Å². The van der Waals surface area contributed by atoms with Gasteiger partial charge in [0.15, 0.2) is 0 Å². The van der Waals surface area contributed by atoms with Crippen molar-refractivity contribution in [3.63, 3.8) is 0 Å². The van der Waals surface area contributed by atoms with Crippen molar-refractivity contribution in [1.82, 2.24) is 4.90 Å². The summed E-state index contributed by atoms with van der Waals surface area (Å²) in [5, 5.41) is 0. The minimum absolute atomic E-state index is 0.484. The van der Waals surface area contributed by atoms with Gasteiger partial charge in [-0.25, -0.2) is 0 Å². The molecule has 64 valence electrons. The predicted molar refractivity (Wildman–Crippen MR) is 49.2 cm³/mol. The van der Waals surface area contributed by atoms with E-state index in [4.69, 9.17) is 5.73 Å². The van der Waals surface area contributed by atoms with Crippen LogP contribution in [-0.2, 0) is 0 Å². The molecule has 0 atom stereocenters. The summed E-state index contributed by atoms with van der Waals surface area (Å²) in [4.78, 5) is 2.35. The summed E-state index contributed by atoms with van der Waals surface area (Å²) < 4.78 is 0. The summed E-state index contributed by atoms with van der Waals surface area (Å²) in [6.45, 7) is 8.11. The smallest absolute Gasteiger partial charge is 0.0551 e. The topological polar surface area (TPSA) is 29.3 Å². The van der Waals surface area contributed by atoms with E-state index < -0.39 is 0 Å². The molecule has 0 saturated carbocycles. The van der Waals surface area contributed by atoms with Gasteiger partial charge in [0.05, 0.1) is 6.54 Å². The summed E-state index contributed by atoms with van der Waals surface area (Å²) in [6.07, 6.45) is 0.943. The van der Waals surface area contributed by atoms with Crippen molar-refractivity contribution in [2.24, 2.45) is 5.73 Å². The van der Waals surface area contributed by atoms with Crippen LogP contribution in [0.4, 0.5) is 0 Å². The van der Waals surface area contributed by atoms with E-state index in [1.54, 1.807) is 0 Å². The molecular weight excluding hydrogens is 136 g/mol. The molecule has 0 bridgehead atoms. The maximum atomic E-state index is 5.22. The molecule has 0 rings (SSSR count). The van der Waals surface area contributed by atoms with Gasteiger partial charge in [0.2, 0.25) is 0 Å². The molecule has 0 aliphatic carbocycles. The van der Waals surface area contributed by atoms with E-state index in [-0.39, 0.29) is 0 Å². The first-order valence-corrected chi connectivity index (χ1v) is 4.23. The van der Waals surface area contributed by atoms with Crippen molar-refractivity contribution in [3.05, 3.63) is 0 Å². The third kappa shape index (κ3) is 5.90. The molecule has 0 spiro atoms. The average Bonchev–Trinajstić information content (AvgIpc) is 2.05. The molecule has 2 heteroatoms. The van der Waals surface area contributed by atoms with Gasteiger partial charge in [0, 0.05) is 13.0 Å². The minimum Gasteiger partial charge on any atom is -0.320 e. The number of hydrogen-bond acceptors (Lipinski definition) is 2. The number of nitrogens with zero attached hydrogens (tertiary/aromatic N) is 1. The molecule has 0 aliphatic rings. The Labute approximate surface area is 69.8 Å². The van der Waals surface area contributed by atoms with Crippen LogP contribution in [-0.4, -0.2) is 31.1 Å². The summed E-state index contributed by atoms with van der Waals surface area (Å²) in [7, 11) is 0. The number of hydrogen-bond donors (Lipinski definition) is 1. The molecule has 0 radical (unpaired) electrons. The fourth-order valence-electron chi connectivity index (χ4n) is 0.914. The summed E-state index contributed by atoms with van der Waals surface area (Å²) in [5.74, 6) is 5.87. The quantitative estimate of drug-likeness (QED) is 0.603. The zero-order valence-electron chi connectivity index (χ0n) is 7.56. The van der Waals surface area contributed by atoms with Crippen molar-refractivity contribution in [2.75, 3.05) is 26.2 Å². The van der Waals surface area contributed by atoms with Crippen LogP contribution < -0.4 is 5.73 Å². The Morgan fingerprint density at radius 2 is 1.82 bits per heavy atom. The SMILES string of the molecule is CCN(CC)CCC#CCN. The molecule has 2 nitrogen and oxygen atoms in total. The third-order valence-electron chi connectivity index (χ3n) is 1.67. The minimum atomic E-state index is 0.484. The average molecular weight is 154 g/mol. The molecule has 0 saturated heterocycles. The molecule has 0 fully saturated rings. The second-order valence-corrected chi connectivity index (χ2v) is 2.33. The Morgan fingerprint density at radius 3 is 2.27 bits per heavy atom. The Balaban J connectivity index is 3.35. The van der Waals surface area contributed by atoms with Crippen LogP contribution in [0.2, 0.25) is 0 Å². The molecule has 0 unspecified atom stereocenters. The van der Waals surface area contributed by atoms with Crippen LogP contribution in [0, 0.1) is 11.8 Å². The fourth-order valence-corrected chi connectivity index (χ4v) is 0.914. The molecule has 0 heterocycles. The highest BCUT2D eigenvalue weighted by Gasteiger charge is 1.94. The van der Waals surface area contributed by atoms with E-state index in [9.17, 15) is 0 Å². The van der Waals surface area contributed by atoms with E-state index in [1.807, 2.05) is 0 Å². The van der Waals surface area contributed by atoms with Crippen molar-refractivity contribution < 1.29 is 0 Å². The molecule has 2 N–H and O–H groups in total. The molecular formula is C9H18N2. The van der Waals surface area contributed by atoms with Crippen LogP contribution in [0.15, 0.2) is 0 Å². The van der Waals surface area contributed by atoms with Crippen LogP contribution in [0.3, 0.4) is 0 Å². The third-order valence-corrected chi connectivity index (χ3v) is 1.67. The van der Waals surface area contributed by atoms with E-state index >= 15 is 0 Å². The summed E-state index contributed by atoms with van der Waals surface area (Å²) in [5.41, 5.74) is 5.22. The maximum absolute atomic E-state index is 5.22. The van der Waals surface area contributed by atoms with Crippen molar-refractivity contribution in [2.45, 2.75) is 20.3 Å². The standard InChI is InChI=1S/C9H18N2/c1-3-11(4-2)9-7-5-6-8-10/h3-4,7-10H2,1-2H3. The second-order valence-electron chi connectivity index (χ2n) is 2.33. The van der Waals surface area contributed by atoms with Crippen LogP contribution in [0.5, 0.6) is 0 Å². The van der Waals surface area contributed by atoms with Gasteiger partial charge in [-0.1, -0.05) is 19.8 Å². The normalized spacial score (nSPS) is 9.45. The predicted octanol–water partition coefficient (Wildman–Crippen LogP) is 0.680. The van der Waals surface area contributed by atoms with Gasteiger partial charge in [0.1, 0.15) is 0 Å². The monoisotopic (exact) mass is 154 g/mol. The van der Waals surface area contributed by atoms with Gasteiger partial charge < -0.3 is 10.6 Å². The molecule has 0 aromatic rings. The highest BCUT2D eigenvalue weighted by atomic mass is 15.1. The highest BCUT2D eigenvalue weighted by molar-refractivity contribution is 5.00. The first-order chi connectivity index (χ1) is 5.35. The van der Waals surface area contributed by atoms with Crippen molar-refractivity contribution in [3.8, 4) is 11.8 Å². The molecule has 11 heavy (non-hydrogen) atoms. The molecule has 0 aromatic heterocycles. The van der Waals surface area contributed by atoms with E-state index in [1.165, 1.54) is 0 Å². The van der Waals surface area contributed by atoms with Gasteiger partial charge >= 0.3 is 0 Å². The van der Waals surface area contributed by atoms with Gasteiger partial charge in [-0.05, 0) is 13.1 Å². The van der Waals surface area contributed by atoms with Crippen molar-refractivity contribution in [1.29, 1.82) is 0 Å². The summed E-state index contributed by atoms with van der Waals surface area (Å²) >= 11 is 0. The lowest BCUT2D eigenvalue weighted by Gasteiger charge is -2.15. The van der Waals surface area contributed by atoms with Gasteiger partial charge in [-0.15, -0.1) is 5.92 Å². The zero-order valence-corrected chi connectivity index (χ0v) is 7.56. The Hall–Kier alpha value is -0.520. The summed E-state index contributed by atoms with van der Waals surface area (Å²) in [6, 6.07) is 0. The van der Waals surface area contributed by atoms with Gasteiger partial charge in [-0.3, -0.25) is 0 Å². The lowest BCUT2D eigenvalue weighted by Crippen LogP contribution is -2.23. The highest BCUT2D eigenvalue weighted by Crippen LogP contribution is 1.88. The van der Waals surface area contributed by atoms with Crippen molar-refractivity contribution >= 4 is 0 Å². The van der Waals surface area contributed by atoms with E-state index in [0.717, 1.165) is 26.1 Å². The maximum Gasteiger partial charge on any atom is 0.0551 e. The molecule has 0 aromatic carbocycles. The molecule has 0 amide bonds. The number of nitrogens with two attached hydrogens (primary N) is 1. The lowest BCUT2D eigenvalue weighted by molar-refractivity contribution is 0.312. The Bertz CT molecular complexity index is 128. The zero-order chi connectivity index (χ0) is 8.53. The van der Waals surface area contributed by atoms with Gasteiger partial charge in [-0.2, -0.15) is 0 Å². The first kappa shape index (κ1) is 10.5. The van der Waals surface area contributed by atoms with E-state index in [0.29, 0.717) is 6.54 Å². The lowest BCUT2D eigenvalue weighted by atomic mass is 10.3. The largest absolute Gasteiger partial charge is 0.320 e. The number of rotatable bonds is 4.